The number of hydrogen-bond acceptors (Lipinski definition) is 5. The largest absolute Gasteiger partial charge is 0.497 e. The molecule has 0 saturated carbocycles. The van der Waals surface area contributed by atoms with Crippen molar-refractivity contribution in [1.82, 2.24) is 15.2 Å². The molecule has 2 amide bonds. The summed E-state index contributed by atoms with van der Waals surface area (Å²) in [6, 6.07) is 12.2. The summed E-state index contributed by atoms with van der Waals surface area (Å²) < 4.78 is 7.42. The van der Waals surface area contributed by atoms with E-state index in [2.05, 4.69) is 26.6 Å². The number of hydrogen-bond donors (Lipinski definition) is 2. The van der Waals surface area contributed by atoms with Gasteiger partial charge in [0.15, 0.2) is 5.11 Å². The van der Waals surface area contributed by atoms with Crippen molar-refractivity contribution in [1.29, 1.82) is 0 Å². The van der Waals surface area contributed by atoms with Gasteiger partial charge in [0, 0.05) is 27.2 Å². The summed E-state index contributed by atoms with van der Waals surface area (Å²) in [7, 11) is 1.55. The maximum Gasteiger partial charge on any atom is 0.263 e. The molecule has 4 rings (SSSR count). The second-order valence-electron chi connectivity index (χ2n) is 6.44. The number of benzene rings is 2. The number of nitrogens with one attached hydrogen (secondary N) is 2. The number of carbonyl (C=O) groups is 3. The molecule has 1 aliphatic heterocycles. The first-order valence-electron chi connectivity index (χ1n) is 8.75. The number of carbonyl (C=O) groups excluding carboxylic acids is 3. The SMILES string of the molecule is COc1ccc(C(=O)n2cc(C=C3C(=O)NC(=S)NC3=O)c3cc(Br)ccc32)cc1. The fourth-order valence-corrected chi connectivity index (χ4v) is 3.69. The lowest BCUT2D eigenvalue weighted by atomic mass is 10.1. The Morgan fingerprint density at radius 3 is 2.40 bits per heavy atom. The van der Waals surface area contributed by atoms with Gasteiger partial charge in [0.25, 0.3) is 17.7 Å². The van der Waals surface area contributed by atoms with Crippen LogP contribution in [0.2, 0.25) is 0 Å². The lowest BCUT2D eigenvalue weighted by Gasteiger charge is -2.16. The molecule has 9 heteroatoms. The van der Waals surface area contributed by atoms with E-state index >= 15 is 0 Å². The predicted octanol–water partition coefficient (Wildman–Crippen LogP) is 3.02. The average Bonchev–Trinajstić information content (AvgIpc) is 3.07. The van der Waals surface area contributed by atoms with Crippen LogP contribution in [0, 0.1) is 0 Å². The van der Waals surface area contributed by atoms with Crippen molar-refractivity contribution in [3.63, 3.8) is 0 Å². The van der Waals surface area contributed by atoms with Crippen molar-refractivity contribution in [2.45, 2.75) is 0 Å². The van der Waals surface area contributed by atoms with Gasteiger partial charge in [-0.2, -0.15) is 0 Å². The topological polar surface area (TPSA) is 89.4 Å². The van der Waals surface area contributed by atoms with Crippen LogP contribution in [0.1, 0.15) is 15.9 Å². The van der Waals surface area contributed by atoms with Crippen LogP contribution in [-0.2, 0) is 9.59 Å². The third-order valence-electron chi connectivity index (χ3n) is 4.60. The first-order valence-corrected chi connectivity index (χ1v) is 9.95. The number of methoxy groups -OCH3 is 1. The maximum absolute atomic E-state index is 13.1. The number of amides is 2. The summed E-state index contributed by atoms with van der Waals surface area (Å²) in [6.45, 7) is 0. The highest BCUT2D eigenvalue weighted by Crippen LogP contribution is 2.28. The van der Waals surface area contributed by atoms with Crippen molar-refractivity contribution in [3.05, 3.63) is 69.8 Å². The Balaban J connectivity index is 1.84. The molecule has 0 unspecified atom stereocenters. The van der Waals surface area contributed by atoms with Crippen LogP contribution < -0.4 is 15.4 Å². The van der Waals surface area contributed by atoms with E-state index in [1.54, 1.807) is 43.6 Å². The van der Waals surface area contributed by atoms with E-state index in [-0.39, 0.29) is 16.6 Å². The Hall–Kier alpha value is -3.30. The summed E-state index contributed by atoms with van der Waals surface area (Å²) in [6.07, 6.45) is 3.04. The number of aromatic nitrogens is 1. The van der Waals surface area contributed by atoms with Crippen molar-refractivity contribution in [2.75, 3.05) is 7.11 Å². The Morgan fingerprint density at radius 2 is 1.77 bits per heavy atom. The van der Waals surface area contributed by atoms with Gasteiger partial charge in [-0.25, -0.2) is 0 Å². The second-order valence-corrected chi connectivity index (χ2v) is 7.77. The normalized spacial score (nSPS) is 13.8. The molecule has 1 fully saturated rings. The van der Waals surface area contributed by atoms with E-state index in [9.17, 15) is 14.4 Å². The molecule has 3 aromatic rings. The minimum Gasteiger partial charge on any atom is -0.497 e. The maximum atomic E-state index is 13.1. The standard InChI is InChI=1S/C21H14BrN3O4S/c1-29-14-5-2-11(3-6-14)20(28)25-10-12(15-9-13(22)4-7-17(15)25)8-16-18(26)23-21(30)24-19(16)27/h2-10H,1H3,(H2,23,24,26,27,30). The number of ether oxygens (including phenoxy) is 1. The number of halogens is 1. The lowest BCUT2D eigenvalue weighted by molar-refractivity contribution is -0.123. The second kappa shape index (κ2) is 7.85. The minimum absolute atomic E-state index is 0.0398. The van der Waals surface area contributed by atoms with Gasteiger partial charge in [0.1, 0.15) is 11.3 Å². The summed E-state index contributed by atoms with van der Waals surface area (Å²) in [5, 5.41) is 5.47. The minimum atomic E-state index is -0.596. The molecule has 7 nitrogen and oxygen atoms in total. The highest BCUT2D eigenvalue weighted by molar-refractivity contribution is 9.10. The van der Waals surface area contributed by atoms with Crippen molar-refractivity contribution < 1.29 is 19.1 Å². The van der Waals surface area contributed by atoms with E-state index in [4.69, 9.17) is 17.0 Å². The van der Waals surface area contributed by atoms with Crippen LogP contribution in [0.3, 0.4) is 0 Å². The van der Waals surface area contributed by atoms with E-state index in [0.29, 0.717) is 27.8 Å². The highest BCUT2D eigenvalue weighted by Gasteiger charge is 2.26. The summed E-state index contributed by atoms with van der Waals surface area (Å²) in [5.41, 5.74) is 1.55. The van der Waals surface area contributed by atoms with Crippen molar-refractivity contribution >= 4 is 68.0 Å². The molecule has 150 valence electrons. The van der Waals surface area contributed by atoms with Gasteiger partial charge < -0.3 is 4.74 Å². The van der Waals surface area contributed by atoms with Gasteiger partial charge in [0.05, 0.1) is 12.6 Å². The van der Waals surface area contributed by atoms with Crippen LogP contribution >= 0.6 is 28.1 Å². The quantitative estimate of drug-likeness (QED) is 0.339. The fraction of sp³-hybridized carbons (Fsp3) is 0.0476. The molecule has 0 bridgehead atoms. The van der Waals surface area contributed by atoms with Crippen LogP contribution in [0.5, 0.6) is 5.75 Å². The number of rotatable bonds is 3. The Kier molecular flexibility index (Phi) is 5.23. The molecule has 0 aliphatic carbocycles. The van der Waals surface area contributed by atoms with Gasteiger partial charge in [-0.05, 0) is 60.8 Å². The Bertz CT molecular complexity index is 1240. The van der Waals surface area contributed by atoms with E-state index in [1.165, 1.54) is 10.6 Å². The molecule has 1 aromatic heterocycles. The molecule has 0 spiro atoms. The molecule has 30 heavy (non-hydrogen) atoms. The lowest BCUT2D eigenvalue weighted by Crippen LogP contribution is -2.51. The summed E-state index contributed by atoms with van der Waals surface area (Å²) in [5.74, 6) is -0.805. The molecule has 0 atom stereocenters. The molecule has 2 heterocycles. The zero-order chi connectivity index (χ0) is 21.4. The van der Waals surface area contributed by atoms with Gasteiger partial charge in [-0.15, -0.1) is 0 Å². The zero-order valence-electron chi connectivity index (χ0n) is 15.6. The smallest absolute Gasteiger partial charge is 0.263 e. The average molecular weight is 484 g/mol. The van der Waals surface area contributed by atoms with E-state index in [1.807, 2.05) is 12.1 Å². The van der Waals surface area contributed by atoms with Crippen LogP contribution in [-0.4, -0.2) is 34.5 Å². The van der Waals surface area contributed by atoms with E-state index < -0.39 is 11.8 Å². The summed E-state index contributed by atoms with van der Waals surface area (Å²) >= 11 is 8.25. The van der Waals surface area contributed by atoms with Gasteiger partial charge in [0.2, 0.25) is 0 Å². The van der Waals surface area contributed by atoms with Gasteiger partial charge in [-0.3, -0.25) is 29.6 Å². The van der Waals surface area contributed by atoms with E-state index in [0.717, 1.165) is 4.47 Å². The van der Waals surface area contributed by atoms with Gasteiger partial charge in [-0.1, -0.05) is 15.9 Å². The third kappa shape index (κ3) is 3.64. The first-order chi connectivity index (χ1) is 14.4. The highest BCUT2D eigenvalue weighted by atomic mass is 79.9. The Morgan fingerprint density at radius 1 is 1.10 bits per heavy atom. The zero-order valence-corrected chi connectivity index (χ0v) is 18.0. The predicted molar refractivity (Wildman–Crippen MR) is 119 cm³/mol. The molecule has 1 saturated heterocycles. The molecule has 0 radical (unpaired) electrons. The van der Waals surface area contributed by atoms with Crippen LogP contribution in [0.4, 0.5) is 0 Å². The van der Waals surface area contributed by atoms with Crippen molar-refractivity contribution in [3.8, 4) is 5.75 Å². The Labute approximate surface area is 184 Å². The van der Waals surface area contributed by atoms with Crippen LogP contribution in [0.15, 0.2) is 58.7 Å². The third-order valence-corrected chi connectivity index (χ3v) is 5.29. The number of fused-ring (bicyclic) bond motifs is 1. The number of thiocarbonyl (C=S) groups is 1. The molecule has 2 aromatic carbocycles. The van der Waals surface area contributed by atoms with Crippen molar-refractivity contribution in [2.24, 2.45) is 0 Å². The van der Waals surface area contributed by atoms with Gasteiger partial charge >= 0.3 is 0 Å². The monoisotopic (exact) mass is 483 g/mol. The fourth-order valence-electron chi connectivity index (χ4n) is 3.15. The molecule has 1 aliphatic rings. The summed E-state index contributed by atoms with van der Waals surface area (Å²) in [4.78, 5) is 37.6. The van der Waals surface area contributed by atoms with Crippen LogP contribution in [0.25, 0.3) is 17.0 Å². The molecular weight excluding hydrogens is 470 g/mol. The molecular formula is C21H14BrN3O4S. The molecule has 2 N–H and O–H groups in total. The number of nitrogens with zero attached hydrogens (tertiary/aromatic N) is 1. The first kappa shape index (κ1) is 20.0.